The van der Waals surface area contributed by atoms with E-state index in [1.54, 1.807) is 7.11 Å². The highest BCUT2D eigenvalue weighted by atomic mass is 16.5. The zero-order valence-corrected chi connectivity index (χ0v) is 14.4. The van der Waals surface area contributed by atoms with Crippen LogP contribution in [0.15, 0.2) is 35.1 Å². The van der Waals surface area contributed by atoms with Crippen LogP contribution in [0.4, 0.5) is 5.82 Å². The van der Waals surface area contributed by atoms with Crippen molar-refractivity contribution in [2.45, 2.75) is 19.4 Å². The van der Waals surface area contributed by atoms with E-state index in [0.29, 0.717) is 30.1 Å². The summed E-state index contributed by atoms with van der Waals surface area (Å²) in [6.07, 6.45) is 5.67. The van der Waals surface area contributed by atoms with Gasteiger partial charge in [0, 0.05) is 5.56 Å². The molecule has 3 aromatic rings. The second kappa shape index (κ2) is 6.55. The summed E-state index contributed by atoms with van der Waals surface area (Å²) in [7, 11) is 1.61. The minimum Gasteiger partial charge on any atom is -0.496 e. The summed E-state index contributed by atoms with van der Waals surface area (Å²) in [5.41, 5.74) is 8.51. The van der Waals surface area contributed by atoms with Crippen LogP contribution in [-0.4, -0.2) is 33.2 Å². The standard InChI is InChI=1S/C18H19N5O3/c1-25-13-7-6-11-5-3-2-4-8-26-17-21-15(19)14-16(22-17)23(18(24)20-14)10-12(13)9-11/h2-3,6-7,9H,4-5,8,10H2,1H3,(H,20,24)(H2,19,21,22). The number of ether oxygens (including phenoxy) is 2. The highest BCUT2D eigenvalue weighted by molar-refractivity contribution is 5.82. The molecule has 8 heteroatoms. The first-order valence-electron chi connectivity index (χ1n) is 8.35. The molecule has 0 atom stereocenters. The molecule has 0 radical (unpaired) electrons. The molecule has 134 valence electrons. The maximum atomic E-state index is 12.5. The van der Waals surface area contributed by atoms with Crippen LogP contribution in [0, 0.1) is 0 Å². The van der Waals surface area contributed by atoms with Gasteiger partial charge >= 0.3 is 11.7 Å². The summed E-state index contributed by atoms with van der Waals surface area (Å²) >= 11 is 0. The Morgan fingerprint density at radius 3 is 3.04 bits per heavy atom. The molecule has 3 heterocycles. The van der Waals surface area contributed by atoms with Gasteiger partial charge in [-0.05, 0) is 30.5 Å². The second-order valence-electron chi connectivity index (χ2n) is 6.07. The minimum atomic E-state index is -0.308. The molecule has 0 unspecified atom stereocenters. The maximum absolute atomic E-state index is 12.5. The van der Waals surface area contributed by atoms with Gasteiger partial charge in [-0.3, -0.25) is 4.57 Å². The van der Waals surface area contributed by atoms with E-state index in [2.05, 4.69) is 27.1 Å². The number of methoxy groups -OCH3 is 1. The second-order valence-corrected chi connectivity index (χ2v) is 6.07. The Bertz CT molecular complexity index is 1050. The molecule has 4 rings (SSSR count). The number of hydrogen-bond acceptors (Lipinski definition) is 6. The maximum Gasteiger partial charge on any atom is 0.328 e. The Balaban J connectivity index is 1.92. The number of imidazole rings is 1. The lowest BCUT2D eigenvalue weighted by Gasteiger charge is -2.12. The molecule has 2 aromatic heterocycles. The number of allylic oxidation sites excluding steroid dienone is 1. The van der Waals surface area contributed by atoms with Gasteiger partial charge in [0.2, 0.25) is 0 Å². The third kappa shape index (κ3) is 2.90. The summed E-state index contributed by atoms with van der Waals surface area (Å²) in [5, 5.41) is 0. The molecule has 0 fully saturated rings. The highest BCUT2D eigenvalue weighted by Crippen LogP contribution is 2.24. The number of aromatic amines is 1. The fourth-order valence-corrected chi connectivity index (χ4v) is 3.05. The van der Waals surface area contributed by atoms with Crippen LogP contribution in [0.5, 0.6) is 11.8 Å². The van der Waals surface area contributed by atoms with Crippen molar-refractivity contribution in [2.24, 2.45) is 0 Å². The Kier molecular flexibility index (Phi) is 4.08. The molecule has 3 N–H and O–H groups in total. The monoisotopic (exact) mass is 353 g/mol. The molecule has 1 aliphatic heterocycles. The third-order valence-corrected chi connectivity index (χ3v) is 4.34. The van der Waals surface area contributed by atoms with E-state index >= 15 is 0 Å². The van der Waals surface area contributed by atoms with Crippen LogP contribution >= 0.6 is 0 Å². The fourth-order valence-electron chi connectivity index (χ4n) is 3.05. The number of hydrogen-bond donors (Lipinski definition) is 2. The summed E-state index contributed by atoms with van der Waals surface area (Å²) in [4.78, 5) is 23.7. The van der Waals surface area contributed by atoms with Crippen molar-refractivity contribution in [2.75, 3.05) is 19.5 Å². The third-order valence-electron chi connectivity index (χ3n) is 4.34. The van der Waals surface area contributed by atoms with Crippen LogP contribution in [0.25, 0.3) is 11.2 Å². The van der Waals surface area contributed by atoms with E-state index in [-0.39, 0.29) is 17.5 Å². The van der Waals surface area contributed by atoms with E-state index in [0.717, 1.165) is 24.0 Å². The van der Waals surface area contributed by atoms with Crippen molar-refractivity contribution >= 4 is 17.0 Å². The van der Waals surface area contributed by atoms with Crippen molar-refractivity contribution in [1.82, 2.24) is 19.5 Å². The number of nitrogens with two attached hydrogens (primary N) is 1. The van der Waals surface area contributed by atoms with Gasteiger partial charge in [-0.15, -0.1) is 0 Å². The quantitative estimate of drug-likeness (QED) is 0.644. The van der Waals surface area contributed by atoms with Gasteiger partial charge < -0.3 is 20.2 Å². The zero-order valence-electron chi connectivity index (χ0n) is 14.4. The summed E-state index contributed by atoms with van der Waals surface area (Å²) in [5.74, 6) is 0.897. The summed E-state index contributed by atoms with van der Waals surface area (Å²) in [6.45, 7) is 0.736. The normalized spacial score (nSPS) is 14.2. The van der Waals surface area contributed by atoms with E-state index in [4.69, 9.17) is 15.2 Å². The Labute approximate surface area is 149 Å². The number of fused-ring (bicyclic) bond motifs is 3. The first-order valence-corrected chi connectivity index (χ1v) is 8.35. The van der Waals surface area contributed by atoms with Gasteiger partial charge in [-0.25, -0.2) is 4.79 Å². The predicted octanol–water partition coefficient (Wildman–Crippen LogP) is 1.64. The van der Waals surface area contributed by atoms with Crippen molar-refractivity contribution in [3.8, 4) is 11.8 Å². The van der Waals surface area contributed by atoms with Gasteiger partial charge in [-0.1, -0.05) is 18.2 Å². The molecular formula is C18H19N5O3. The molecule has 0 spiro atoms. The largest absolute Gasteiger partial charge is 0.496 e. The molecule has 0 saturated carbocycles. The molecule has 0 aliphatic carbocycles. The number of benzene rings is 1. The van der Waals surface area contributed by atoms with Crippen LogP contribution in [0.1, 0.15) is 17.5 Å². The molecule has 26 heavy (non-hydrogen) atoms. The van der Waals surface area contributed by atoms with Crippen molar-refractivity contribution in [3.05, 3.63) is 52.0 Å². The lowest BCUT2D eigenvalue weighted by molar-refractivity contribution is 0.300. The average Bonchev–Trinajstić information content (AvgIpc) is 2.94. The SMILES string of the molecule is COc1ccc2cc1Cn1c(=O)[nH]c3c(N)nc(nc31)OCCC=CC2. The number of H-pyrrole nitrogens is 1. The first-order chi connectivity index (χ1) is 12.7. The van der Waals surface area contributed by atoms with Crippen LogP contribution in [0.2, 0.25) is 0 Å². The van der Waals surface area contributed by atoms with Crippen LogP contribution < -0.4 is 20.9 Å². The molecule has 1 aliphatic rings. The van der Waals surface area contributed by atoms with E-state index < -0.39 is 0 Å². The van der Waals surface area contributed by atoms with Gasteiger partial charge in [-0.2, -0.15) is 9.97 Å². The Morgan fingerprint density at radius 1 is 1.31 bits per heavy atom. The number of aromatic nitrogens is 4. The number of rotatable bonds is 1. The number of nitrogens with zero attached hydrogens (tertiary/aromatic N) is 3. The zero-order chi connectivity index (χ0) is 18.1. The number of nitrogens with one attached hydrogen (secondary N) is 1. The summed E-state index contributed by atoms with van der Waals surface area (Å²) < 4.78 is 12.6. The first kappa shape index (κ1) is 16.2. The summed E-state index contributed by atoms with van der Waals surface area (Å²) in [6, 6.07) is 6.14. The van der Waals surface area contributed by atoms with E-state index in [9.17, 15) is 4.79 Å². The number of nitrogen functional groups attached to an aromatic ring is 1. The predicted molar refractivity (Wildman–Crippen MR) is 97.6 cm³/mol. The van der Waals surface area contributed by atoms with Crippen LogP contribution in [-0.2, 0) is 13.0 Å². The molecule has 4 bridgehead atoms. The van der Waals surface area contributed by atoms with Crippen LogP contribution in [0.3, 0.4) is 0 Å². The Morgan fingerprint density at radius 2 is 2.19 bits per heavy atom. The molecular weight excluding hydrogens is 334 g/mol. The van der Waals surface area contributed by atoms with Gasteiger partial charge in [0.15, 0.2) is 11.5 Å². The Hall–Kier alpha value is -3.29. The van der Waals surface area contributed by atoms with Gasteiger partial charge in [0.25, 0.3) is 0 Å². The van der Waals surface area contributed by atoms with E-state index in [1.165, 1.54) is 4.57 Å². The number of anilines is 1. The lowest BCUT2D eigenvalue weighted by Crippen LogP contribution is -2.18. The van der Waals surface area contributed by atoms with Gasteiger partial charge in [0.05, 0.1) is 20.3 Å². The molecule has 0 amide bonds. The minimum absolute atomic E-state index is 0.161. The highest BCUT2D eigenvalue weighted by Gasteiger charge is 2.16. The lowest BCUT2D eigenvalue weighted by atomic mass is 10.1. The van der Waals surface area contributed by atoms with Crippen molar-refractivity contribution in [1.29, 1.82) is 0 Å². The average molecular weight is 353 g/mol. The van der Waals surface area contributed by atoms with Crippen molar-refractivity contribution < 1.29 is 9.47 Å². The fraction of sp³-hybridized carbons (Fsp3) is 0.278. The molecule has 0 saturated heterocycles. The topological polar surface area (TPSA) is 108 Å². The van der Waals surface area contributed by atoms with Gasteiger partial charge in [0.1, 0.15) is 11.3 Å². The molecule has 8 nitrogen and oxygen atoms in total. The smallest absolute Gasteiger partial charge is 0.328 e. The van der Waals surface area contributed by atoms with Crippen molar-refractivity contribution in [3.63, 3.8) is 0 Å². The van der Waals surface area contributed by atoms with E-state index in [1.807, 2.05) is 18.2 Å². The molecule has 1 aromatic carbocycles.